The molecule has 12 heterocycles. The third-order valence-corrected chi connectivity index (χ3v) is 19.6. The Morgan fingerprint density at radius 3 is 0.828 bits per heavy atom. The molecule has 12 aromatic rings. The number of nitrogens with one attached hydrogen (secondary N) is 12. The average molecular weight is 1800 g/mol. The lowest BCUT2D eigenvalue weighted by Crippen LogP contribution is -2.46. The van der Waals surface area contributed by atoms with Crippen LogP contribution in [0.2, 0.25) is 20.1 Å². The van der Waals surface area contributed by atoms with Crippen molar-refractivity contribution in [2.45, 2.75) is 130 Å². The van der Waals surface area contributed by atoms with Crippen molar-refractivity contribution in [3.8, 4) is 45.6 Å². The van der Waals surface area contributed by atoms with Crippen molar-refractivity contribution in [2.75, 3.05) is 47.4 Å². The number of rotatable bonds is 28. The lowest BCUT2D eigenvalue weighted by Gasteiger charge is -2.24. The number of carbonyl (C=O) groups is 4. The van der Waals surface area contributed by atoms with Gasteiger partial charge in [-0.2, -0.15) is 52.7 Å². The highest BCUT2D eigenvalue weighted by Gasteiger charge is 2.37. The highest BCUT2D eigenvalue weighted by molar-refractivity contribution is 6.32. The molecule has 0 bridgehead atoms. The van der Waals surface area contributed by atoms with Gasteiger partial charge in [-0.05, 0) is 60.1 Å². The largest absolute Gasteiger partial charge is 0.405 e. The fourth-order valence-electron chi connectivity index (χ4n) is 11.6. The molecule has 28 nitrogen and oxygen atoms in total. The van der Waals surface area contributed by atoms with Crippen molar-refractivity contribution in [1.82, 2.24) is 101 Å². The molecule has 12 aromatic heterocycles. The van der Waals surface area contributed by atoms with E-state index >= 15 is 0 Å². The van der Waals surface area contributed by atoms with Gasteiger partial charge in [-0.25, -0.2) is 68.6 Å². The number of hydrogen-bond acceptors (Lipinski definition) is 20. The smallest absolute Gasteiger partial charge is 0.358 e. The van der Waals surface area contributed by atoms with Crippen molar-refractivity contribution >= 4 is 137 Å². The molecule has 0 unspecified atom stereocenters. The van der Waals surface area contributed by atoms with Gasteiger partial charge < -0.3 is 62.5 Å². The third-order valence-electron chi connectivity index (χ3n) is 18.8. The summed E-state index contributed by atoms with van der Waals surface area (Å²) < 4.78 is 179. The normalized spacial score (nSPS) is 13.8. The molecular weight excluding hydrogens is 1720 g/mol. The number of amides is 4. The minimum Gasteiger partial charge on any atom is -0.358 e. The second kappa shape index (κ2) is 41.3. The van der Waals surface area contributed by atoms with Crippen molar-refractivity contribution in [1.29, 1.82) is 0 Å². The molecule has 12 rings (SSSR count). The van der Waals surface area contributed by atoms with E-state index in [0.29, 0.717) is 125 Å². The molecule has 8 atom stereocenters. The van der Waals surface area contributed by atoms with Crippen LogP contribution in [0.5, 0.6) is 0 Å². The van der Waals surface area contributed by atoms with Gasteiger partial charge in [0.25, 0.3) is 0 Å². The number of hydrogen-bond donors (Lipinski definition) is 12. The third kappa shape index (κ3) is 26.2. The topological polar surface area (TPSA) is 382 Å². The maximum absolute atomic E-state index is 14.4. The zero-order chi connectivity index (χ0) is 89.3. The van der Waals surface area contributed by atoms with Crippen molar-refractivity contribution < 1.29 is 80.6 Å². The van der Waals surface area contributed by atoms with Crippen LogP contribution >= 0.6 is 46.4 Å². The molecule has 4 amide bonds. The van der Waals surface area contributed by atoms with Crippen LogP contribution in [0.1, 0.15) is 81.1 Å². The molecule has 122 heavy (non-hydrogen) atoms. The Morgan fingerprint density at radius 2 is 0.590 bits per heavy atom. The summed E-state index contributed by atoms with van der Waals surface area (Å²) in [5.41, 5.74) is 4.57. The van der Waals surface area contributed by atoms with Gasteiger partial charge in [0.1, 0.15) is 84.6 Å². The van der Waals surface area contributed by atoms with Crippen molar-refractivity contribution in [3.05, 3.63) is 142 Å². The van der Waals surface area contributed by atoms with Crippen LogP contribution in [-0.2, 0) is 19.2 Å². The molecule has 46 heteroatoms. The van der Waals surface area contributed by atoms with Crippen LogP contribution in [0.25, 0.3) is 89.7 Å². The number of aromatic amines is 4. The van der Waals surface area contributed by atoms with Crippen LogP contribution in [-0.4, -0.2) is 178 Å². The first kappa shape index (κ1) is 94.2. The van der Waals surface area contributed by atoms with Crippen LogP contribution in [0.15, 0.2) is 111 Å². The van der Waals surface area contributed by atoms with E-state index in [4.69, 9.17) is 46.4 Å². The summed E-state index contributed by atoms with van der Waals surface area (Å²) in [7, 11) is 0. The Hall–Kier alpha value is -11.7. The van der Waals surface area contributed by atoms with Gasteiger partial charge in [-0.15, -0.1) is 0 Å². The van der Waals surface area contributed by atoms with Gasteiger partial charge in [0.05, 0.1) is 32.5 Å². The van der Waals surface area contributed by atoms with Gasteiger partial charge in [0.2, 0.25) is 23.6 Å². The van der Waals surface area contributed by atoms with Crippen molar-refractivity contribution in [3.63, 3.8) is 0 Å². The van der Waals surface area contributed by atoms with E-state index in [0.717, 1.165) is 23.2 Å². The summed E-state index contributed by atoms with van der Waals surface area (Å²) in [5.74, 6) is -5.28. The summed E-state index contributed by atoms with van der Waals surface area (Å²) >= 11 is 24.0. The van der Waals surface area contributed by atoms with E-state index in [1.807, 2.05) is 35.1 Å². The number of H-pyrrole nitrogens is 4. The predicted molar refractivity (Wildman–Crippen MR) is 432 cm³/mol. The molecule has 0 fully saturated rings. The highest BCUT2D eigenvalue weighted by Crippen LogP contribution is 2.35. The van der Waals surface area contributed by atoms with Crippen LogP contribution in [0, 0.1) is 35.3 Å². The number of fused-ring (bicyclic) bond motifs is 4. The quantitative estimate of drug-likeness (QED) is 0.0203. The van der Waals surface area contributed by atoms with Crippen LogP contribution in [0.4, 0.5) is 84.7 Å². The standard InChI is InChI=1S/2C19H19ClF4N6O.2C19H20ClF3N6O/c2*1-3-9(2)14(18(31)28-8-19(22,23)24)29-17-13(21)7-27-16(30-17)12-6-26-15-11(12)4-10(20)5-25-15;2*1-3-10(2)15(18(30)27-9-19(21,22)23)28-14-4-5-24-17(29-14)13-8-26-16-12(13)6-11(20)7-25-16/h2*4-7,9,14H,3,8H2,1-2H3,(H,25,26)(H,28,31)(H,27,29,30);2*4-8,10,15H,3,9H2,1-2H3,(H,25,26)(H,27,30)(H,24,28,29)/t9-,14+;9-,14-;10-,15+;10-,15-/m1010/s1. The monoisotopic (exact) mass is 1800 g/mol. The fourth-order valence-corrected chi connectivity index (χ4v) is 12.2. The lowest BCUT2D eigenvalue weighted by molar-refractivity contribution is -0.139. The molecule has 0 spiro atoms. The molecule has 0 saturated carbocycles. The fraction of sp³-hybridized carbons (Fsp3) is 0.368. The Bertz CT molecular complexity index is 5260. The minimum absolute atomic E-state index is 0.123. The molecular formula is C76H78Cl4F14N24O4. The van der Waals surface area contributed by atoms with Gasteiger partial charge in [-0.1, -0.05) is 127 Å². The summed E-state index contributed by atoms with van der Waals surface area (Å²) in [4.78, 5) is 112. The summed E-state index contributed by atoms with van der Waals surface area (Å²) in [6.45, 7) is 8.37. The maximum atomic E-state index is 14.4. The van der Waals surface area contributed by atoms with Crippen LogP contribution < -0.4 is 42.5 Å². The first-order chi connectivity index (χ1) is 57.5. The number of nitrogens with zero attached hydrogens (tertiary/aromatic N) is 12. The molecule has 12 N–H and O–H groups in total. The summed E-state index contributed by atoms with van der Waals surface area (Å²) in [6.07, 6.45) is 1.32. The molecule has 0 aromatic carbocycles. The Kier molecular flexibility index (Phi) is 31.9. The Labute approximate surface area is 704 Å². The first-order valence-corrected chi connectivity index (χ1v) is 38.7. The predicted octanol–water partition coefficient (Wildman–Crippen LogP) is 17.0. The van der Waals surface area contributed by atoms with Crippen LogP contribution in [0.3, 0.4) is 0 Å². The minimum atomic E-state index is -4.56. The van der Waals surface area contributed by atoms with Gasteiger partial charge >= 0.3 is 24.7 Å². The first-order valence-electron chi connectivity index (χ1n) is 37.2. The van der Waals surface area contributed by atoms with Crippen molar-refractivity contribution in [2.24, 2.45) is 23.7 Å². The second-order valence-corrected chi connectivity index (χ2v) is 29.4. The molecule has 0 aliphatic heterocycles. The number of anilines is 4. The molecule has 0 aliphatic rings. The number of pyridine rings is 4. The van der Waals surface area contributed by atoms with E-state index in [-0.39, 0.29) is 35.1 Å². The number of carbonyl (C=O) groups excluding carboxylic acids is 4. The lowest BCUT2D eigenvalue weighted by atomic mass is 9.98. The van der Waals surface area contributed by atoms with E-state index in [9.17, 15) is 80.6 Å². The summed E-state index contributed by atoms with van der Waals surface area (Å²) in [6, 6.07) is 5.79. The van der Waals surface area contributed by atoms with E-state index in [1.54, 1.807) is 103 Å². The second-order valence-electron chi connectivity index (χ2n) is 27.7. The molecule has 0 radical (unpaired) electrons. The SMILES string of the molecule is CC[C@@H](C)[C@H](Nc1ccnc(-c2c[nH]c3ncc(Cl)cc23)n1)C(=O)NCC(F)(F)F.CC[C@@H](C)[C@H](Nc1nc(-c2c[nH]c3ncc(Cl)cc23)ncc1F)C(=O)NCC(F)(F)F.CC[C@H](C)[C@H](Nc1ccnc(-c2c[nH]c3ncc(Cl)cc23)n1)C(=O)NCC(F)(F)F.CC[C@H](C)[C@H](Nc1nc(-c2c[nH]c3ncc(Cl)cc23)ncc1F)C(=O)NCC(F)(F)F. The average Bonchev–Trinajstić information content (AvgIpc) is 1.65. The maximum Gasteiger partial charge on any atom is 0.405 e. The Morgan fingerprint density at radius 1 is 0.352 bits per heavy atom. The molecule has 652 valence electrons. The highest BCUT2D eigenvalue weighted by atomic mass is 35.5. The number of alkyl halides is 12. The van der Waals surface area contributed by atoms with E-state index < -0.39 is 122 Å². The van der Waals surface area contributed by atoms with Gasteiger partial charge in [0, 0.05) is 106 Å². The molecule has 0 aliphatic carbocycles. The van der Waals surface area contributed by atoms with Gasteiger partial charge in [0.15, 0.2) is 46.6 Å². The molecule has 0 saturated heterocycles. The van der Waals surface area contributed by atoms with E-state index in [1.165, 1.54) is 37.2 Å². The van der Waals surface area contributed by atoms with E-state index in [2.05, 4.69) is 101 Å². The number of aromatic nitrogens is 16. The van der Waals surface area contributed by atoms with Gasteiger partial charge in [-0.3, -0.25) is 19.2 Å². The zero-order valence-electron chi connectivity index (χ0n) is 65.5. The zero-order valence-corrected chi connectivity index (χ0v) is 68.5. The Balaban J connectivity index is 0.000000185. The summed E-state index contributed by atoms with van der Waals surface area (Å²) in [5, 5.41) is 23.0. The number of halogens is 18.